The third kappa shape index (κ3) is 5.23. The van der Waals surface area contributed by atoms with E-state index >= 15 is 0 Å². The maximum absolute atomic E-state index is 12.8. The molecule has 1 atom stereocenters. The highest BCUT2D eigenvalue weighted by Crippen LogP contribution is 2.39. The van der Waals surface area contributed by atoms with E-state index in [9.17, 15) is 9.90 Å². The molecule has 0 fully saturated rings. The summed E-state index contributed by atoms with van der Waals surface area (Å²) in [5.41, 5.74) is 0.659. The second-order valence-electron chi connectivity index (χ2n) is 7.77. The third-order valence-corrected chi connectivity index (χ3v) is 5.16. The van der Waals surface area contributed by atoms with E-state index in [0.29, 0.717) is 46.5 Å². The lowest BCUT2D eigenvalue weighted by Crippen LogP contribution is -2.38. The fourth-order valence-corrected chi connectivity index (χ4v) is 3.50. The SMILES string of the molecule is COc1cc(C(=O)NCC(C)(O)c2cc(C)oc2C)cc(OC)c1OCc1ccccc1. The standard InChI is InChI=1S/C25H29NO6/c1-16-11-20(17(2)32-16)25(3,28)15-26-24(27)19-12-21(29-4)23(22(13-19)30-5)31-14-18-9-7-6-8-10-18/h6-13,28H,14-15H2,1-5H3,(H,26,27). The van der Waals surface area contributed by atoms with Crippen LogP contribution < -0.4 is 19.5 Å². The van der Waals surface area contributed by atoms with E-state index in [4.69, 9.17) is 18.6 Å². The topological polar surface area (TPSA) is 90.2 Å². The maximum atomic E-state index is 12.8. The van der Waals surface area contributed by atoms with Crippen molar-refractivity contribution in [1.82, 2.24) is 5.32 Å². The molecule has 0 saturated carbocycles. The molecule has 0 aliphatic rings. The van der Waals surface area contributed by atoms with Crippen molar-refractivity contribution in [3.8, 4) is 17.2 Å². The number of carbonyl (C=O) groups is 1. The highest BCUT2D eigenvalue weighted by molar-refractivity contribution is 5.95. The number of furan rings is 1. The average Bonchev–Trinajstić information content (AvgIpc) is 3.14. The number of hydrogen-bond acceptors (Lipinski definition) is 6. The fourth-order valence-electron chi connectivity index (χ4n) is 3.50. The smallest absolute Gasteiger partial charge is 0.251 e. The predicted molar refractivity (Wildman–Crippen MR) is 120 cm³/mol. The van der Waals surface area contributed by atoms with Gasteiger partial charge in [0.1, 0.15) is 23.7 Å². The van der Waals surface area contributed by atoms with Crippen molar-refractivity contribution >= 4 is 5.91 Å². The first-order valence-electron chi connectivity index (χ1n) is 10.3. The third-order valence-electron chi connectivity index (χ3n) is 5.16. The minimum Gasteiger partial charge on any atom is -0.493 e. The number of hydrogen-bond donors (Lipinski definition) is 2. The van der Waals surface area contributed by atoms with E-state index in [2.05, 4.69) is 5.32 Å². The molecule has 1 unspecified atom stereocenters. The number of benzene rings is 2. The summed E-state index contributed by atoms with van der Waals surface area (Å²) in [6.45, 7) is 5.55. The van der Waals surface area contributed by atoms with E-state index in [0.717, 1.165) is 5.56 Å². The van der Waals surface area contributed by atoms with Crippen LogP contribution in [0.25, 0.3) is 0 Å². The largest absolute Gasteiger partial charge is 0.493 e. The lowest BCUT2D eigenvalue weighted by Gasteiger charge is -2.23. The van der Waals surface area contributed by atoms with Crippen LogP contribution >= 0.6 is 0 Å². The Labute approximate surface area is 187 Å². The molecule has 170 valence electrons. The van der Waals surface area contributed by atoms with Crippen molar-refractivity contribution in [2.45, 2.75) is 33.0 Å². The van der Waals surface area contributed by atoms with Gasteiger partial charge < -0.3 is 29.1 Å². The number of rotatable bonds is 9. The van der Waals surface area contributed by atoms with Crippen molar-refractivity contribution in [2.24, 2.45) is 0 Å². The Morgan fingerprint density at radius 3 is 2.22 bits per heavy atom. The Morgan fingerprint density at radius 1 is 1.06 bits per heavy atom. The van der Waals surface area contributed by atoms with Crippen LogP contribution in [-0.4, -0.2) is 31.8 Å². The molecule has 0 radical (unpaired) electrons. The zero-order chi connectivity index (χ0) is 23.3. The van der Waals surface area contributed by atoms with Crippen molar-refractivity contribution in [3.05, 3.63) is 76.7 Å². The van der Waals surface area contributed by atoms with Gasteiger partial charge in [-0.15, -0.1) is 0 Å². The molecule has 0 aliphatic carbocycles. The van der Waals surface area contributed by atoms with Gasteiger partial charge in [-0.1, -0.05) is 30.3 Å². The van der Waals surface area contributed by atoms with Gasteiger partial charge in [-0.05, 0) is 44.5 Å². The van der Waals surface area contributed by atoms with Gasteiger partial charge in [0, 0.05) is 11.1 Å². The number of nitrogens with one attached hydrogen (secondary N) is 1. The molecule has 2 aromatic carbocycles. The summed E-state index contributed by atoms with van der Waals surface area (Å²) in [5, 5.41) is 13.6. The van der Waals surface area contributed by atoms with E-state index in [1.54, 1.807) is 32.0 Å². The molecule has 1 amide bonds. The summed E-state index contributed by atoms with van der Waals surface area (Å²) in [7, 11) is 3.00. The average molecular weight is 440 g/mol. The number of methoxy groups -OCH3 is 2. The van der Waals surface area contributed by atoms with Gasteiger partial charge >= 0.3 is 0 Å². The molecular weight excluding hydrogens is 410 g/mol. The van der Waals surface area contributed by atoms with E-state index in [1.165, 1.54) is 14.2 Å². The Bertz CT molecular complexity index is 1050. The zero-order valence-corrected chi connectivity index (χ0v) is 19.0. The number of ether oxygens (including phenoxy) is 3. The molecular formula is C25H29NO6. The zero-order valence-electron chi connectivity index (χ0n) is 19.0. The predicted octanol–water partition coefficient (Wildman–Crippen LogP) is 4.13. The lowest BCUT2D eigenvalue weighted by molar-refractivity contribution is 0.0514. The van der Waals surface area contributed by atoms with Crippen molar-refractivity contribution < 1.29 is 28.5 Å². The van der Waals surface area contributed by atoms with Gasteiger partial charge in [0.05, 0.1) is 20.8 Å². The minimum atomic E-state index is -1.29. The number of aryl methyl sites for hydroxylation is 2. The van der Waals surface area contributed by atoms with Gasteiger partial charge in [-0.3, -0.25) is 4.79 Å². The summed E-state index contributed by atoms with van der Waals surface area (Å²) in [6.07, 6.45) is 0. The van der Waals surface area contributed by atoms with Gasteiger partial charge in [-0.25, -0.2) is 0 Å². The summed E-state index contributed by atoms with van der Waals surface area (Å²) >= 11 is 0. The molecule has 7 heteroatoms. The van der Waals surface area contributed by atoms with Crippen molar-refractivity contribution in [3.63, 3.8) is 0 Å². The molecule has 0 bridgehead atoms. The molecule has 3 rings (SSSR count). The van der Waals surface area contributed by atoms with Gasteiger partial charge in [0.25, 0.3) is 5.91 Å². The lowest BCUT2D eigenvalue weighted by atomic mass is 9.96. The fraction of sp³-hybridized carbons (Fsp3) is 0.320. The first-order chi connectivity index (χ1) is 15.2. The molecule has 0 saturated heterocycles. The number of carbonyl (C=O) groups excluding carboxylic acids is 1. The Balaban J connectivity index is 1.77. The summed E-state index contributed by atoms with van der Waals surface area (Å²) in [6, 6.07) is 14.6. The van der Waals surface area contributed by atoms with Crippen LogP contribution in [0.5, 0.6) is 17.2 Å². The second-order valence-corrected chi connectivity index (χ2v) is 7.77. The first-order valence-corrected chi connectivity index (χ1v) is 10.3. The molecule has 1 aromatic heterocycles. The van der Waals surface area contributed by atoms with E-state index in [1.807, 2.05) is 37.3 Å². The molecule has 2 N–H and O–H groups in total. The van der Waals surface area contributed by atoms with Crippen molar-refractivity contribution in [2.75, 3.05) is 20.8 Å². The van der Waals surface area contributed by atoms with E-state index < -0.39 is 5.60 Å². The maximum Gasteiger partial charge on any atom is 0.251 e. The van der Waals surface area contributed by atoms with Crippen molar-refractivity contribution in [1.29, 1.82) is 0 Å². The van der Waals surface area contributed by atoms with Gasteiger partial charge in [0.2, 0.25) is 5.75 Å². The molecule has 1 heterocycles. The highest BCUT2D eigenvalue weighted by atomic mass is 16.5. The first kappa shape index (κ1) is 23.2. The quantitative estimate of drug-likeness (QED) is 0.521. The Morgan fingerprint density at radius 2 is 1.69 bits per heavy atom. The monoisotopic (exact) mass is 439 g/mol. The molecule has 0 aliphatic heterocycles. The summed E-state index contributed by atoms with van der Waals surface area (Å²) < 4.78 is 22.3. The molecule has 7 nitrogen and oxygen atoms in total. The van der Waals surface area contributed by atoms with Gasteiger partial charge in [-0.2, -0.15) is 0 Å². The summed E-state index contributed by atoms with van der Waals surface area (Å²) in [5.74, 6) is 2.09. The second kappa shape index (κ2) is 9.78. The molecule has 3 aromatic rings. The van der Waals surface area contributed by atoms with Crippen LogP contribution in [0.3, 0.4) is 0 Å². The molecule has 0 spiro atoms. The van der Waals surface area contributed by atoms with Crippen LogP contribution in [-0.2, 0) is 12.2 Å². The minimum absolute atomic E-state index is 0.00252. The highest BCUT2D eigenvalue weighted by Gasteiger charge is 2.29. The number of amides is 1. The molecule has 32 heavy (non-hydrogen) atoms. The normalized spacial score (nSPS) is 12.7. The number of aliphatic hydroxyl groups is 1. The van der Waals surface area contributed by atoms with E-state index in [-0.39, 0.29) is 12.5 Å². The Kier molecular flexibility index (Phi) is 7.10. The Hall–Kier alpha value is -3.45. The van der Waals surface area contributed by atoms with Crippen LogP contribution in [0.1, 0.15) is 39.9 Å². The van der Waals surface area contributed by atoms with Crippen LogP contribution in [0.4, 0.5) is 0 Å². The van der Waals surface area contributed by atoms with Crippen LogP contribution in [0.2, 0.25) is 0 Å². The van der Waals surface area contributed by atoms with Crippen LogP contribution in [0.15, 0.2) is 52.9 Å². The van der Waals surface area contributed by atoms with Gasteiger partial charge in [0.15, 0.2) is 11.5 Å². The van der Waals surface area contributed by atoms with Crippen LogP contribution in [0, 0.1) is 13.8 Å². The summed E-state index contributed by atoms with van der Waals surface area (Å²) in [4.78, 5) is 12.8.